The molecule has 1 N–H and O–H groups in total. The van der Waals surface area contributed by atoms with Gasteiger partial charge in [-0.15, -0.1) is 11.8 Å². The van der Waals surface area contributed by atoms with Crippen LogP contribution >= 0.6 is 11.8 Å². The number of nitrogens with one attached hydrogen (secondary N) is 1. The maximum Gasteiger partial charge on any atom is 0.234 e. The Morgan fingerprint density at radius 2 is 2.00 bits per heavy atom. The standard InChI is InChI=1S/C21H26N2O2S/c24-21(16-26-15-18-7-5-11-22-13-18)23-19-8-4-6-17(12-19)14-25-20-9-2-1-3-10-20/h4-8,11-13,20H,1-3,9-10,14-16H2,(H,23,24). The van der Waals surface area contributed by atoms with Gasteiger partial charge in [-0.05, 0) is 42.2 Å². The number of aromatic nitrogens is 1. The molecule has 1 heterocycles. The molecular weight excluding hydrogens is 344 g/mol. The van der Waals surface area contributed by atoms with Gasteiger partial charge in [0.15, 0.2) is 0 Å². The summed E-state index contributed by atoms with van der Waals surface area (Å²) in [6.45, 7) is 0.615. The summed E-state index contributed by atoms with van der Waals surface area (Å²) in [5.74, 6) is 1.23. The molecule has 0 spiro atoms. The Labute approximate surface area is 159 Å². The van der Waals surface area contributed by atoms with Crippen LogP contribution in [0.4, 0.5) is 5.69 Å². The summed E-state index contributed by atoms with van der Waals surface area (Å²) >= 11 is 1.59. The fraction of sp³-hybridized carbons (Fsp3) is 0.429. The number of nitrogens with zero attached hydrogens (tertiary/aromatic N) is 1. The summed E-state index contributed by atoms with van der Waals surface area (Å²) < 4.78 is 6.02. The third-order valence-electron chi connectivity index (χ3n) is 4.47. The lowest BCUT2D eigenvalue weighted by molar-refractivity contribution is -0.113. The van der Waals surface area contributed by atoms with Crippen LogP contribution in [0.15, 0.2) is 48.8 Å². The van der Waals surface area contributed by atoms with E-state index in [0.717, 1.165) is 22.6 Å². The van der Waals surface area contributed by atoms with Gasteiger partial charge in [-0.1, -0.05) is 37.5 Å². The number of thioether (sulfide) groups is 1. The van der Waals surface area contributed by atoms with E-state index in [2.05, 4.69) is 16.4 Å². The fourth-order valence-corrected chi connectivity index (χ4v) is 3.89. The zero-order chi connectivity index (χ0) is 18.0. The van der Waals surface area contributed by atoms with Gasteiger partial charge in [0.25, 0.3) is 0 Å². The zero-order valence-electron chi connectivity index (χ0n) is 15.0. The highest BCUT2D eigenvalue weighted by Crippen LogP contribution is 2.22. The molecule has 1 aliphatic carbocycles. The minimum atomic E-state index is 0.0178. The molecule has 0 saturated heterocycles. The second-order valence-corrected chi connectivity index (χ2v) is 7.66. The molecule has 1 saturated carbocycles. The zero-order valence-corrected chi connectivity index (χ0v) is 15.8. The van der Waals surface area contributed by atoms with Crippen molar-refractivity contribution in [3.8, 4) is 0 Å². The van der Waals surface area contributed by atoms with Crippen LogP contribution in [0.3, 0.4) is 0 Å². The normalized spacial score (nSPS) is 14.9. The van der Waals surface area contributed by atoms with Crippen LogP contribution in [-0.2, 0) is 21.9 Å². The van der Waals surface area contributed by atoms with E-state index >= 15 is 0 Å². The number of hydrogen-bond donors (Lipinski definition) is 1. The molecule has 1 aliphatic rings. The quantitative estimate of drug-likeness (QED) is 0.725. The number of pyridine rings is 1. The Morgan fingerprint density at radius 1 is 1.15 bits per heavy atom. The van der Waals surface area contributed by atoms with E-state index in [0.29, 0.717) is 18.5 Å². The van der Waals surface area contributed by atoms with Crippen molar-refractivity contribution in [3.05, 3.63) is 59.9 Å². The number of carbonyl (C=O) groups is 1. The van der Waals surface area contributed by atoms with Crippen molar-refractivity contribution in [2.75, 3.05) is 11.1 Å². The topological polar surface area (TPSA) is 51.2 Å². The smallest absolute Gasteiger partial charge is 0.234 e. The van der Waals surface area contributed by atoms with Crippen molar-refractivity contribution in [1.29, 1.82) is 0 Å². The fourth-order valence-electron chi connectivity index (χ4n) is 3.13. The van der Waals surface area contributed by atoms with Crippen molar-refractivity contribution in [3.63, 3.8) is 0 Å². The largest absolute Gasteiger partial charge is 0.374 e. The van der Waals surface area contributed by atoms with E-state index < -0.39 is 0 Å². The molecule has 1 amide bonds. The Bertz CT molecular complexity index is 687. The average Bonchev–Trinajstić information content (AvgIpc) is 2.68. The highest BCUT2D eigenvalue weighted by atomic mass is 32.2. The molecule has 1 fully saturated rings. The van der Waals surface area contributed by atoms with Gasteiger partial charge in [-0.2, -0.15) is 0 Å². The number of anilines is 1. The van der Waals surface area contributed by atoms with Gasteiger partial charge >= 0.3 is 0 Å². The summed E-state index contributed by atoms with van der Waals surface area (Å²) in [5, 5.41) is 2.98. The average molecular weight is 371 g/mol. The van der Waals surface area contributed by atoms with Gasteiger partial charge in [0.1, 0.15) is 0 Å². The molecule has 1 aromatic carbocycles. The maximum absolute atomic E-state index is 12.1. The van der Waals surface area contributed by atoms with Crippen LogP contribution in [0.25, 0.3) is 0 Å². The molecule has 0 radical (unpaired) electrons. The Kier molecular flexibility index (Phi) is 7.52. The van der Waals surface area contributed by atoms with E-state index in [1.165, 1.54) is 32.1 Å². The minimum absolute atomic E-state index is 0.0178. The molecule has 0 unspecified atom stereocenters. The lowest BCUT2D eigenvalue weighted by Crippen LogP contribution is -2.16. The monoisotopic (exact) mass is 370 g/mol. The van der Waals surface area contributed by atoms with E-state index in [4.69, 9.17) is 4.74 Å². The first-order chi connectivity index (χ1) is 12.8. The SMILES string of the molecule is O=C(CSCc1cccnc1)Nc1cccc(COC2CCCCC2)c1. The summed E-state index contributed by atoms with van der Waals surface area (Å²) in [7, 11) is 0. The van der Waals surface area contributed by atoms with Crippen molar-refractivity contribution in [1.82, 2.24) is 4.98 Å². The van der Waals surface area contributed by atoms with Crippen molar-refractivity contribution < 1.29 is 9.53 Å². The first-order valence-corrected chi connectivity index (χ1v) is 10.4. The second-order valence-electron chi connectivity index (χ2n) is 6.67. The van der Waals surface area contributed by atoms with Crippen LogP contribution in [0, 0.1) is 0 Å². The number of ether oxygens (including phenoxy) is 1. The van der Waals surface area contributed by atoms with Crippen molar-refractivity contribution >= 4 is 23.4 Å². The molecule has 1 aromatic heterocycles. The van der Waals surface area contributed by atoms with Gasteiger partial charge in [-0.3, -0.25) is 9.78 Å². The van der Waals surface area contributed by atoms with Crippen LogP contribution in [0.5, 0.6) is 0 Å². The first kappa shape index (κ1) is 18.9. The van der Waals surface area contributed by atoms with Crippen molar-refractivity contribution in [2.24, 2.45) is 0 Å². The molecule has 2 aromatic rings. The summed E-state index contributed by atoms with van der Waals surface area (Å²) in [6.07, 6.45) is 10.2. The second kappa shape index (κ2) is 10.3. The van der Waals surface area contributed by atoms with E-state index in [1.54, 1.807) is 18.0 Å². The molecule has 5 heteroatoms. The van der Waals surface area contributed by atoms with Crippen LogP contribution in [-0.4, -0.2) is 22.7 Å². The van der Waals surface area contributed by atoms with E-state index in [1.807, 2.05) is 36.5 Å². The maximum atomic E-state index is 12.1. The predicted molar refractivity (Wildman–Crippen MR) is 107 cm³/mol. The summed E-state index contributed by atoms with van der Waals surface area (Å²) in [6, 6.07) is 11.9. The molecular formula is C21H26N2O2S. The van der Waals surface area contributed by atoms with Crippen LogP contribution < -0.4 is 5.32 Å². The molecule has 0 bridgehead atoms. The number of carbonyl (C=O) groups excluding carboxylic acids is 1. The molecule has 26 heavy (non-hydrogen) atoms. The van der Waals surface area contributed by atoms with Gasteiger partial charge < -0.3 is 10.1 Å². The summed E-state index contributed by atoms with van der Waals surface area (Å²) in [4.78, 5) is 16.2. The lowest BCUT2D eigenvalue weighted by atomic mass is 9.98. The molecule has 0 atom stereocenters. The Hall–Kier alpha value is -1.85. The first-order valence-electron chi connectivity index (χ1n) is 9.26. The van der Waals surface area contributed by atoms with Gasteiger partial charge in [0.2, 0.25) is 5.91 Å². The van der Waals surface area contributed by atoms with E-state index in [-0.39, 0.29) is 5.91 Å². The van der Waals surface area contributed by atoms with Crippen molar-refractivity contribution in [2.45, 2.75) is 50.6 Å². The number of amides is 1. The van der Waals surface area contributed by atoms with E-state index in [9.17, 15) is 4.79 Å². The minimum Gasteiger partial charge on any atom is -0.374 e. The molecule has 3 rings (SSSR count). The van der Waals surface area contributed by atoms with Crippen LogP contribution in [0.2, 0.25) is 0 Å². The lowest BCUT2D eigenvalue weighted by Gasteiger charge is -2.22. The third kappa shape index (κ3) is 6.46. The highest BCUT2D eigenvalue weighted by Gasteiger charge is 2.13. The van der Waals surface area contributed by atoms with Crippen LogP contribution in [0.1, 0.15) is 43.2 Å². The van der Waals surface area contributed by atoms with Gasteiger partial charge in [0, 0.05) is 23.8 Å². The molecule has 0 aliphatic heterocycles. The molecule has 138 valence electrons. The van der Waals surface area contributed by atoms with Gasteiger partial charge in [-0.25, -0.2) is 0 Å². The predicted octanol–water partition coefficient (Wildman–Crippen LogP) is 4.80. The Morgan fingerprint density at radius 3 is 2.81 bits per heavy atom. The van der Waals surface area contributed by atoms with Gasteiger partial charge in [0.05, 0.1) is 18.5 Å². The highest BCUT2D eigenvalue weighted by molar-refractivity contribution is 7.99. The third-order valence-corrected chi connectivity index (χ3v) is 5.48. The Balaban J connectivity index is 1.41. The number of benzene rings is 1. The molecule has 4 nitrogen and oxygen atoms in total. The number of hydrogen-bond acceptors (Lipinski definition) is 4. The number of rotatable bonds is 8. The summed E-state index contributed by atoms with van der Waals surface area (Å²) in [5.41, 5.74) is 3.07.